The van der Waals surface area contributed by atoms with E-state index in [0.717, 1.165) is 4.68 Å². The highest BCUT2D eigenvalue weighted by atomic mass is 79.9. The number of anilines is 1. The van der Waals surface area contributed by atoms with Gasteiger partial charge in [-0.3, -0.25) is 14.2 Å². The van der Waals surface area contributed by atoms with E-state index in [-0.39, 0.29) is 46.3 Å². The second-order valence-corrected chi connectivity index (χ2v) is 7.62. The number of rotatable bonds is 6. The molecule has 6 nitrogen and oxygen atoms in total. The first-order valence-corrected chi connectivity index (χ1v) is 9.79. The summed E-state index contributed by atoms with van der Waals surface area (Å²) < 4.78 is 54.4. The van der Waals surface area contributed by atoms with Gasteiger partial charge in [0.15, 0.2) is 11.5 Å². The first kappa shape index (κ1) is 22.3. The maximum atomic E-state index is 13.3. The van der Waals surface area contributed by atoms with Crippen LogP contribution in [0.3, 0.4) is 0 Å². The van der Waals surface area contributed by atoms with Gasteiger partial charge < -0.3 is 5.32 Å². The van der Waals surface area contributed by atoms with Crippen LogP contribution in [0.2, 0.25) is 5.02 Å². The van der Waals surface area contributed by atoms with E-state index >= 15 is 0 Å². The van der Waals surface area contributed by atoms with Crippen LogP contribution in [0.15, 0.2) is 34.9 Å². The molecule has 0 aliphatic heterocycles. The minimum absolute atomic E-state index is 0.0615. The molecule has 30 heavy (non-hydrogen) atoms. The summed E-state index contributed by atoms with van der Waals surface area (Å²) in [5.74, 6) is -0.770. The lowest BCUT2D eigenvalue weighted by Gasteiger charge is -2.05. The summed E-state index contributed by atoms with van der Waals surface area (Å²) in [7, 11) is 0. The molecule has 0 aliphatic rings. The van der Waals surface area contributed by atoms with Gasteiger partial charge in [-0.05, 0) is 40.5 Å². The zero-order chi connectivity index (χ0) is 22.1. The number of nitrogens with zero attached hydrogens (tertiary/aromatic N) is 4. The Balaban J connectivity index is 1.63. The number of alkyl halides is 3. The predicted octanol–water partition coefficient (Wildman–Crippen LogP) is 5.04. The summed E-state index contributed by atoms with van der Waals surface area (Å²) in [5.41, 5.74) is -0.126. The lowest BCUT2D eigenvalue weighted by Crippen LogP contribution is -2.17. The number of hydrogen-bond acceptors (Lipinski definition) is 3. The van der Waals surface area contributed by atoms with E-state index in [0.29, 0.717) is 5.56 Å². The van der Waals surface area contributed by atoms with E-state index in [1.54, 1.807) is 12.1 Å². The van der Waals surface area contributed by atoms with Gasteiger partial charge in [0.2, 0.25) is 5.91 Å². The van der Waals surface area contributed by atoms with Crippen molar-refractivity contribution in [3.05, 3.63) is 62.7 Å². The number of carbonyl (C=O) groups excluding carboxylic acids is 1. The van der Waals surface area contributed by atoms with Crippen LogP contribution in [0.5, 0.6) is 0 Å². The molecule has 1 amide bonds. The van der Waals surface area contributed by atoms with Gasteiger partial charge in [-0.25, -0.2) is 4.39 Å². The number of halogens is 6. The Morgan fingerprint density at radius 2 is 2.03 bits per heavy atom. The van der Waals surface area contributed by atoms with Crippen LogP contribution >= 0.6 is 27.5 Å². The van der Waals surface area contributed by atoms with Crippen LogP contribution in [0.1, 0.15) is 23.4 Å². The van der Waals surface area contributed by atoms with Crippen molar-refractivity contribution in [3.8, 4) is 0 Å². The molecular weight excluding hydrogens is 494 g/mol. The van der Waals surface area contributed by atoms with Crippen molar-refractivity contribution >= 4 is 39.3 Å². The number of nitrogens with one attached hydrogen (secondary N) is 1. The Kier molecular flexibility index (Phi) is 6.51. The fourth-order valence-corrected chi connectivity index (χ4v) is 3.42. The molecule has 0 aliphatic carbocycles. The highest BCUT2D eigenvalue weighted by Crippen LogP contribution is 2.35. The lowest BCUT2D eigenvalue weighted by atomic mass is 10.2. The van der Waals surface area contributed by atoms with E-state index in [9.17, 15) is 22.4 Å². The van der Waals surface area contributed by atoms with Gasteiger partial charge in [0.05, 0.1) is 23.3 Å². The average Bonchev–Trinajstić information content (AvgIpc) is 3.13. The molecular formula is C18H15BrClF4N5O. The van der Waals surface area contributed by atoms with Crippen LogP contribution < -0.4 is 5.32 Å². The third kappa shape index (κ3) is 5.20. The van der Waals surface area contributed by atoms with Crippen LogP contribution in [0, 0.1) is 12.7 Å². The minimum atomic E-state index is -4.60. The summed E-state index contributed by atoms with van der Waals surface area (Å²) in [6, 6.07) is 5.96. The number of aryl methyl sites for hydroxylation is 1. The molecule has 0 saturated heterocycles. The average molecular weight is 509 g/mol. The molecule has 12 heteroatoms. The third-order valence-electron chi connectivity index (χ3n) is 4.16. The standard InChI is InChI=1S/C18H15BrClF4N5O/c1-10-15(19)16(18(22,23)24)26-29(10)6-5-14(30)25-17-13(20)9-28(27-17)8-11-3-2-4-12(21)7-11/h2-4,7,9H,5-6,8H2,1H3,(H,25,27,30). The first-order valence-electron chi connectivity index (χ1n) is 8.62. The lowest BCUT2D eigenvalue weighted by molar-refractivity contribution is -0.142. The van der Waals surface area contributed by atoms with Crippen molar-refractivity contribution in [2.24, 2.45) is 0 Å². The molecule has 0 unspecified atom stereocenters. The Labute approximate surface area is 181 Å². The summed E-state index contributed by atoms with van der Waals surface area (Å²) >= 11 is 8.97. The van der Waals surface area contributed by atoms with Crippen molar-refractivity contribution in [2.75, 3.05) is 5.32 Å². The van der Waals surface area contributed by atoms with E-state index in [2.05, 4.69) is 31.4 Å². The zero-order valence-corrected chi connectivity index (χ0v) is 17.8. The van der Waals surface area contributed by atoms with Gasteiger partial charge in [0.25, 0.3) is 0 Å². The van der Waals surface area contributed by atoms with E-state index in [1.165, 1.54) is 29.9 Å². The monoisotopic (exact) mass is 507 g/mol. The number of aromatic nitrogens is 4. The molecule has 0 spiro atoms. The van der Waals surface area contributed by atoms with E-state index in [1.807, 2.05) is 0 Å². The van der Waals surface area contributed by atoms with Gasteiger partial charge in [0.1, 0.15) is 10.8 Å². The quantitative estimate of drug-likeness (QED) is 0.475. The number of hydrogen-bond donors (Lipinski definition) is 1. The van der Waals surface area contributed by atoms with E-state index in [4.69, 9.17) is 11.6 Å². The van der Waals surface area contributed by atoms with Gasteiger partial charge in [0, 0.05) is 12.6 Å². The SMILES string of the molecule is Cc1c(Br)c(C(F)(F)F)nn1CCC(=O)Nc1nn(Cc2cccc(F)c2)cc1Cl. The fraction of sp³-hybridized carbons (Fsp3) is 0.278. The third-order valence-corrected chi connectivity index (χ3v) is 5.39. The van der Waals surface area contributed by atoms with Crippen molar-refractivity contribution in [3.63, 3.8) is 0 Å². The number of amides is 1. The molecule has 3 aromatic rings. The van der Waals surface area contributed by atoms with Gasteiger partial charge >= 0.3 is 6.18 Å². The zero-order valence-electron chi connectivity index (χ0n) is 15.5. The molecule has 1 N–H and O–H groups in total. The maximum Gasteiger partial charge on any atom is 0.436 e. The smallest absolute Gasteiger partial charge is 0.308 e. The Hall–Kier alpha value is -2.40. The normalized spacial score (nSPS) is 11.7. The fourth-order valence-electron chi connectivity index (χ4n) is 2.71. The second kappa shape index (κ2) is 8.76. The molecule has 3 rings (SSSR count). The van der Waals surface area contributed by atoms with Crippen LogP contribution in [-0.4, -0.2) is 25.5 Å². The Morgan fingerprint density at radius 3 is 2.67 bits per heavy atom. The highest BCUT2D eigenvalue weighted by Gasteiger charge is 2.37. The van der Waals surface area contributed by atoms with Crippen LogP contribution in [-0.2, 0) is 24.1 Å². The molecule has 0 radical (unpaired) electrons. The highest BCUT2D eigenvalue weighted by molar-refractivity contribution is 9.10. The summed E-state index contributed by atoms with van der Waals surface area (Å²) in [4.78, 5) is 12.2. The second-order valence-electron chi connectivity index (χ2n) is 6.42. The van der Waals surface area contributed by atoms with Crippen LogP contribution in [0.4, 0.5) is 23.4 Å². The first-order chi connectivity index (χ1) is 14.0. The van der Waals surface area contributed by atoms with Crippen molar-refractivity contribution < 1.29 is 22.4 Å². The van der Waals surface area contributed by atoms with Gasteiger partial charge in [-0.2, -0.15) is 23.4 Å². The van der Waals surface area contributed by atoms with Crippen molar-refractivity contribution in [1.29, 1.82) is 0 Å². The molecule has 2 heterocycles. The molecule has 0 fully saturated rings. The molecule has 0 bridgehead atoms. The predicted molar refractivity (Wildman–Crippen MR) is 106 cm³/mol. The molecule has 1 aromatic carbocycles. The van der Waals surface area contributed by atoms with Gasteiger partial charge in [-0.1, -0.05) is 23.7 Å². The summed E-state index contributed by atoms with van der Waals surface area (Å²) in [6.45, 7) is 1.65. The summed E-state index contributed by atoms with van der Waals surface area (Å²) in [5, 5.41) is 10.4. The molecule has 160 valence electrons. The van der Waals surface area contributed by atoms with Gasteiger partial charge in [-0.15, -0.1) is 0 Å². The van der Waals surface area contributed by atoms with Crippen LogP contribution in [0.25, 0.3) is 0 Å². The Morgan fingerprint density at radius 1 is 1.30 bits per heavy atom. The molecule has 0 saturated carbocycles. The number of carbonyl (C=O) groups is 1. The summed E-state index contributed by atoms with van der Waals surface area (Å²) in [6.07, 6.45) is -3.26. The van der Waals surface area contributed by atoms with Crippen molar-refractivity contribution in [1.82, 2.24) is 19.6 Å². The Bertz CT molecular complexity index is 1080. The maximum absolute atomic E-state index is 13.3. The molecule has 2 aromatic heterocycles. The topological polar surface area (TPSA) is 64.7 Å². The molecule has 0 atom stereocenters. The largest absolute Gasteiger partial charge is 0.436 e. The minimum Gasteiger partial charge on any atom is -0.308 e. The van der Waals surface area contributed by atoms with E-state index < -0.39 is 17.8 Å². The van der Waals surface area contributed by atoms with Crippen molar-refractivity contribution in [2.45, 2.75) is 32.6 Å². The number of benzene rings is 1.